The van der Waals surface area contributed by atoms with Crippen LogP contribution >= 0.6 is 0 Å². The summed E-state index contributed by atoms with van der Waals surface area (Å²) in [5.74, 6) is 2.47. The Hall–Kier alpha value is -0.770. The zero-order chi connectivity index (χ0) is 11.2. The van der Waals surface area contributed by atoms with Gasteiger partial charge < -0.3 is 15.4 Å². The summed E-state index contributed by atoms with van der Waals surface area (Å²) in [6.45, 7) is 3.86. The van der Waals surface area contributed by atoms with Crippen molar-refractivity contribution in [2.45, 2.75) is 25.7 Å². The molecular weight excluding hydrogens is 202 g/mol. The van der Waals surface area contributed by atoms with Gasteiger partial charge >= 0.3 is 0 Å². The Morgan fingerprint density at radius 3 is 2.44 bits per heavy atom. The minimum Gasteiger partial charge on any atom is -0.381 e. The quantitative estimate of drug-likeness (QED) is 0.554. The van der Waals surface area contributed by atoms with E-state index in [1.165, 1.54) is 25.7 Å². The Morgan fingerprint density at radius 2 is 1.94 bits per heavy atom. The lowest BCUT2D eigenvalue weighted by molar-refractivity contribution is 0.186. The van der Waals surface area contributed by atoms with E-state index in [0.29, 0.717) is 5.92 Å². The van der Waals surface area contributed by atoms with Gasteiger partial charge in [0, 0.05) is 32.7 Å². The normalized spacial score (nSPS) is 26.6. The van der Waals surface area contributed by atoms with Crippen molar-refractivity contribution in [1.29, 1.82) is 0 Å². The second-order valence-corrected chi connectivity index (χ2v) is 4.86. The van der Waals surface area contributed by atoms with Gasteiger partial charge in [-0.2, -0.15) is 0 Å². The summed E-state index contributed by atoms with van der Waals surface area (Å²) in [5.41, 5.74) is 0. The van der Waals surface area contributed by atoms with Crippen LogP contribution in [-0.2, 0) is 4.74 Å². The van der Waals surface area contributed by atoms with Gasteiger partial charge in [-0.1, -0.05) is 6.42 Å². The number of ether oxygens (including phenoxy) is 1. The zero-order valence-electron chi connectivity index (χ0n) is 10.2. The van der Waals surface area contributed by atoms with E-state index >= 15 is 0 Å². The van der Waals surface area contributed by atoms with E-state index in [1.54, 1.807) is 0 Å². The van der Waals surface area contributed by atoms with E-state index in [0.717, 1.165) is 38.2 Å². The molecule has 0 radical (unpaired) electrons. The molecule has 1 saturated carbocycles. The highest BCUT2D eigenvalue weighted by Gasteiger charge is 2.18. The average molecular weight is 225 g/mol. The summed E-state index contributed by atoms with van der Waals surface area (Å²) in [4.78, 5) is 4.23. The van der Waals surface area contributed by atoms with Gasteiger partial charge in [0.15, 0.2) is 5.96 Å². The number of nitrogens with one attached hydrogen (secondary N) is 2. The van der Waals surface area contributed by atoms with Crippen LogP contribution in [0.25, 0.3) is 0 Å². The lowest BCUT2D eigenvalue weighted by Gasteiger charge is -2.26. The van der Waals surface area contributed by atoms with Crippen molar-refractivity contribution >= 4 is 5.96 Å². The van der Waals surface area contributed by atoms with Crippen molar-refractivity contribution in [2.24, 2.45) is 16.8 Å². The maximum absolute atomic E-state index is 5.35. The highest BCUT2D eigenvalue weighted by atomic mass is 16.5. The molecule has 1 aliphatic heterocycles. The molecule has 1 heterocycles. The van der Waals surface area contributed by atoms with Gasteiger partial charge in [0.2, 0.25) is 0 Å². The van der Waals surface area contributed by atoms with Crippen molar-refractivity contribution in [3.05, 3.63) is 0 Å². The third-order valence-corrected chi connectivity index (χ3v) is 3.59. The van der Waals surface area contributed by atoms with Gasteiger partial charge in [-0.25, -0.2) is 0 Å². The van der Waals surface area contributed by atoms with E-state index in [4.69, 9.17) is 4.74 Å². The second-order valence-electron chi connectivity index (χ2n) is 4.86. The van der Waals surface area contributed by atoms with Crippen LogP contribution < -0.4 is 10.6 Å². The van der Waals surface area contributed by atoms with Crippen LogP contribution in [-0.4, -0.2) is 39.3 Å². The number of rotatable bonds is 4. The lowest BCUT2D eigenvalue weighted by atomic mass is 9.85. The van der Waals surface area contributed by atoms with Gasteiger partial charge in [-0.15, -0.1) is 0 Å². The minimum atomic E-state index is 0.655. The Kier molecular flexibility index (Phi) is 4.45. The molecule has 1 aliphatic carbocycles. The molecule has 2 rings (SSSR count). The second kappa shape index (κ2) is 6.09. The van der Waals surface area contributed by atoms with Crippen LogP contribution in [0.4, 0.5) is 0 Å². The molecule has 0 bridgehead atoms. The van der Waals surface area contributed by atoms with E-state index in [9.17, 15) is 0 Å². The fourth-order valence-electron chi connectivity index (χ4n) is 2.14. The average Bonchev–Trinajstić information content (AvgIpc) is 2.73. The van der Waals surface area contributed by atoms with Crippen molar-refractivity contribution in [1.82, 2.24) is 10.6 Å². The molecule has 2 aliphatic rings. The van der Waals surface area contributed by atoms with Crippen molar-refractivity contribution in [3.8, 4) is 0 Å². The van der Waals surface area contributed by atoms with Crippen LogP contribution in [0.15, 0.2) is 4.99 Å². The molecule has 16 heavy (non-hydrogen) atoms. The summed E-state index contributed by atoms with van der Waals surface area (Å²) >= 11 is 0. The fraction of sp³-hybridized carbons (Fsp3) is 0.917. The zero-order valence-corrected chi connectivity index (χ0v) is 10.2. The molecular formula is C12H23N3O. The topological polar surface area (TPSA) is 45.7 Å². The maximum Gasteiger partial charge on any atom is 0.190 e. The first kappa shape index (κ1) is 11.7. The first-order valence-corrected chi connectivity index (χ1v) is 6.40. The Labute approximate surface area is 97.9 Å². The van der Waals surface area contributed by atoms with Crippen LogP contribution in [0.2, 0.25) is 0 Å². The Balaban J connectivity index is 1.60. The number of hydrogen-bond acceptors (Lipinski definition) is 2. The van der Waals surface area contributed by atoms with Gasteiger partial charge in [-0.05, 0) is 25.2 Å². The molecule has 1 saturated heterocycles. The molecule has 0 amide bonds. The molecule has 4 nitrogen and oxygen atoms in total. The summed E-state index contributed by atoms with van der Waals surface area (Å²) < 4.78 is 5.35. The van der Waals surface area contributed by atoms with Gasteiger partial charge in [0.1, 0.15) is 0 Å². The predicted octanol–water partition coefficient (Wildman–Crippen LogP) is 0.988. The largest absolute Gasteiger partial charge is 0.381 e. The highest BCUT2D eigenvalue weighted by molar-refractivity contribution is 5.79. The van der Waals surface area contributed by atoms with E-state index < -0.39 is 0 Å². The number of aliphatic imine (C=N–C) groups is 1. The van der Waals surface area contributed by atoms with Crippen LogP contribution in [0.1, 0.15) is 25.7 Å². The lowest BCUT2D eigenvalue weighted by Crippen LogP contribution is -2.42. The van der Waals surface area contributed by atoms with Gasteiger partial charge in [-0.3, -0.25) is 4.99 Å². The molecule has 0 aromatic rings. The minimum absolute atomic E-state index is 0.655. The first-order chi connectivity index (χ1) is 7.88. The molecule has 1 atom stereocenters. The number of nitrogens with zero attached hydrogens (tertiary/aromatic N) is 1. The fourth-order valence-corrected chi connectivity index (χ4v) is 2.14. The monoisotopic (exact) mass is 225 g/mol. The standard InChI is InChI=1S/C12H23N3O/c1-13-12(14-7-10-3-2-4-10)15-8-11-5-6-16-9-11/h10-11H,2-9H2,1H3,(H2,13,14,15). The Bertz CT molecular complexity index is 232. The van der Waals surface area contributed by atoms with E-state index in [1.807, 2.05) is 7.05 Å². The summed E-state index contributed by atoms with van der Waals surface area (Å²) in [7, 11) is 1.83. The van der Waals surface area contributed by atoms with Gasteiger partial charge in [0.25, 0.3) is 0 Å². The van der Waals surface area contributed by atoms with Crippen molar-refractivity contribution in [3.63, 3.8) is 0 Å². The third kappa shape index (κ3) is 3.37. The van der Waals surface area contributed by atoms with Crippen LogP contribution in [0.3, 0.4) is 0 Å². The molecule has 2 fully saturated rings. The molecule has 92 valence electrons. The molecule has 4 heteroatoms. The van der Waals surface area contributed by atoms with Crippen molar-refractivity contribution in [2.75, 3.05) is 33.4 Å². The molecule has 1 unspecified atom stereocenters. The smallest absolute Gasteiger partial charge is 0.190 e. The van der Waals surface area contributed by atoms with Crippen LogP contribution in [0, 0.1) is 11.8 Å². The van der Waals surface area contributed by atoms with E-state index in [2.05, 4.69) is 15.6 Å². The highest BCUT2D eigenvalue weighted by Crippen LogP contribution is 2.25. The van der Waals surface area contributed by atoms with Crippen molar-refractivity contribution < 1.29 is 4.74 Å². The number of hydrogen-bond donors (Lipinski definition) is 2. The summed E-state index contributed by atoms with van der Waals surface area (Å²) in [5, 5.41) is 6.77. The number of guanidine groups is 1. The molecule has 0 aromatic carbocycles. The summed E-state index contributed by atoms with van der Waals surface area (Å²) in [6, 6.07) is 0. The van der Waals surface area contributed by atoms with E-state index in [-0.39, 0.29) is 0 Å². The third-order valence-electron chi connectivity index (χ3n) is 3.59. The molecule has 0 aromatic heterocycles. The SMILES string of the molecule is CN=C(NCC1CCC1)NCC1CCOC1. The van der Waals surface area contributed by atoms with Gasteiger partial charge in [0.05, 0.1) is 6.61 Å². The first-order valence-electron chi connectivity index (χ1n) is 6.40. The molecule has 2 N–H and O–H groups in total. The maximum atomic E-state index is 5.35. The molecule has 0 spiro atoms. The predicted molar refractivity (Wildman–Crippen MR) is 65.6 cm³/mol. The summed E-state index contributed by atoms with van der Waals surface area (Å²) in [6.07, 6.45) is 5.32. The van der Waals surface area contributed by atoms with Crippen LogP contribution in [0.5, 0.6) is 0 Å². The Morgan fingerprint density at radius 1 is 1.19 bits per heavy atom.